The molecule has 0 saturated carbocycles. The number of benzene rings is 2. The summed E-state index contributed by atoms with van der Waals surface area (Å²) in [6.45, 7) is 3.69. The van der Waals surface area contributed by atoms with Crippen LogP contribution in [0.3, 0.4) is 0 Å². The van der Waals surface area contributed by atoms with Gasteiger partial charge in [-0.05, 0) is 86.2 Å². The fourth-order valence-electron chi connectivity index (χ4n) is 4.09. The van der Waals surface area contributed by atoms with Crippen molar-refractivity contribution >= 4 is 64.2 Å². The second-order valence-electron chi connectivity index (χ2n) is 8.07. The fraction of sp³-hybridized carbons (Fsp3) is 0.192. The molecule has 7 nitrogen and oxygen atoms in total. The molecule has 1 amide bonds. The molecule has 0 atom stereocenters. The van der Waals surface area contributed by atoms with Crippen LogP contribution >= 0.6 is 35.4 Å². The number of rotatable bonds is 6. The summed E-state index contributed by atoms with van der Waals surface area (Å²) >= 11 is 18.0. The van der Waals surface area contributed by atoms with E-state index < -0.39 is 5.97 Å². The molecule has 0 unspecified atom stereocenters. The summed E-state index contributed by atoms with van der Waals surface area (Å²) in [7, 11) is 2.85. The van der Waals surface area contributed by atoms with Crippen molar-refractivity contribution < 1.29 is 19.1 Å². The van der Waals surface area contributed by atoms with Gasteiger partial charge in [0.05, 0.1) is 30.0 Å². The van der Waals surface area contributed by atoms with Crippen LogP contribution in [0.15, 0.2) is 54.2 Å². The van der Waals surface area contributed by atoms with Crippen molar-refractivity contribution in [3.05, 3.63) is 81.2 Å². The van der Waals surface area contributed by atoms with E-state index >= 15 is 0 Å². The van der Waals surface area contributed by atoms with E-state index in [0.29, 0.717) is 21.5 Å². The number of amides is 1. The van der Waals surface area contributed by atoms with Gasteiger partial charge in [0.1, 0.15) is 18.0 Å². The zero-order valence-electron chi connectivity index (χ0n) is 20.0. The highest BCUT2D eigenvalue weighted by Crippen LogP contribution is 2.32. The lowest BCUT2D eigenvalue weighted by Crippen LogP contribution is -2.35. The number of hydrogen-bond donors (Lipinski definition) is 0. The first-order valence-electron chi connectivity index (χ1n) is 10.9. The van der Waals surface area contributed by atoms with Crippen LogP contribution in [-0.4, -0.2) is 47.2 Å². The number of carbonyl (C=O) groups excluding carboxylic acids is 2. The summed E-state index contributed by atoms with van der Waals surface area (Å²) in [5, 5.41) is 1.09. The van der Waals surface area contributed by atoms with Crippen molar-refractivity contribution in [2.24, 2.45) is 0 Å². The van der Waals surface area contributed by atoms with E-state index in [-0.39, 0.29) is 23.3 Å². The molecule has 1 aliphatic rings. The molecule has 0 N–H and O–H groups in total. The van der Waals surface area contributed by atoms with Crippen LogP contribution in [0.2, 0.25) is 10.0 Å². The Balaban J connectivity index is 1.79. The Morgan fingerprint density at radius 3 is 2.28 bits per heavy atom. The highest BCUT2D eigenvalue weighted by molar-refractivity contribution is 7.80. The van der Waals surface area contributed by atoms with Gasteiger partial charge in [-0.3, -0.25) is 14.5 Å². The van der Waals surface area contributed by atoms with Crippen molar-refractivity contribution in [2.45, 2.75) is 13.8 Å². The Morgan fingerprint density at radius 2 is 1.67 bits per heavy atom. The Kier molecular flexibility index (Phi) is 7.40. The summed E-state index contributed by atoms with van der Waals surface area (Å²) in [5.74, 6) is -0.226. The molecular weight excluding hydrogens is 521 g/mol. The molecule has 3 aromatic rings. The number of ether oxygens (including phenoxy) is 2. The summed E-state index contributed by atoms with van der Waals surface area (Å²) < 4.78 is 12.1. The Hall–Kier alpha value is -3.33. The van der Waals surface area contributed by atoms with Crippen LogP contribution in [0, 0.1) is 13.8 Å². The largest absolute Gasteiger partial charge is 0.497 e. The Labute approximate surface area is 224 Å². The lowest BCUT2D eigenvalue weighted by Gasteiger charge is -2.19. The molecule has 36 heavy (non-hydrogen) atoms. The molecule has 0 bridgehead atoms. The second-order valence-corrected chi connectivity index (χ2v) is 9.25. The molecular formula is C26H23Cl2N3O4S. The minimum absolute atomic E-state index is 0.181. The molecule has 4 rings (SSSR count). The van der Waals surface area contributed by atoms with Gasteiger partial charge in [-0.2, -0.15) is 0 Å². The third kappa shape index (κ3) is 4.72. The maximum atomic E-state index is 13.6. The zero-order chi connectivity index (χ0) is 26.1. The van der Waals surface area contributed by atoms with Crippen LogP contribution in [0.25, 0.3) is 11.8 Å². The van der Waals surface area contributed by atoms with E-state index in [4.69, 9.17) is 44.9 Å². The topological polar surface area (TPSA) is 64.0 Å². The summed E-state index contributed by atoms with van der Waals surface area (Å²) in [6.07, 6.45) is 1.73. The van der Waals surface area contributed by atoms with Gasteiger partial charge in [0, 0.05) is 17.1 Å². The van der Waals surface area contributed by atoms with E-state index in [2.05, 4.69) is 0 Å². The van der Waals surface area contributed by atoms with Gasteiger partial charge >= 0.3 is 5.97 Å². The summed E-state index contributed by atoms with van der Waals surface area (Å²) in [5.41, 5.74) is 4.25. The van der Waals surface area contributed by atoms with Crippen LogP contribution in [0.4, 0.5) is 5.69 Å². The van der Waals surface area contributed by atoms with E-state index in [1.54, 1.807) is 49.6 Å². The smallest absolute Gasteiger partial charge is 0.325 e. The van der Waals surface area contributed by atoms with Gasteiger partial charge in [-0.25, -0.2) is 0 Å². The molecule has 186 valence electrons. The second kappa shape index (κ2) is 10.3. The van der Waals surface area contributed by atoms with E-state index in [0.717, 1.165) is 22.6 Å². The lowest BCUT2D eigenvalue weighted by molar-refractivity contribution is -0.140. The number of anilines is 1. The summed E-state index contributed by atoms with van der Waals surface area (Å²) in [4.78, 5) is 28.7. The normalized spacial score (nSPS) is 14.7. The molecule has 2 heterocycles. The molecule has 0 radical (unpaired) electrons. The standard InChI is InChI=1S/C26H23Cl2N3O4S/c1-15-11-17(16(2)30(15)19-7-10-21(27)22(28)13-19)12-23-25(33)31(18-5-8-20(34-3)9-6-18)26(36)29(23)14-24(32)35-4/h5-13H,14H2,1-4H3/b23-12-. The number of methoxy groups -OCH3 is 2. The van der Waals surface area contributed by atoms with Crippen molar-refractivity contribution in [3.8, 4) is 11.4 Å². The molecule has 1 fully saturated rings. The van der Waals surface area contributed by atoms with Crippen LogP contribution < -0.4 is 9.64 Å². The number of aromatic nitrogens is 1. The quantitative estimate of drug-likeness (QED) is 0.230. The predicted molar refractivity (Wildman–Crippen MR) is 145 cm³/mol. The molecule has 10 heteroatoms. The van der Waals surface area contributed by atoms with E-state index in [9.17, 15) is 9.59 Å². The monoisotopic (exact) mass is 543 g/mol. The predicted octanol–water partition coefficient (Wildman–Crippen LogP) is 5.56. The van der Waals surface area contributed by atoms with Gasteiger partial charge in [-0.15, -0.1) is 0 Å². The number of halogens is 2. The third-order valence-corrected chi connectivity index (χ3v) is 7.05. The molecule has 1 aliphatic heterocycles. The number of carbonyl (C=O) groups is 2. The van der Waals surface area contributed by atoms with Gasteiger partial charge in [0.2, 0.25) is 0 Å². The maximum absolute atomic E-state index is 13.6. The van der Waals surface area contributed by atoms with Gasteiger partial charge in [0.25, 0.3) is 5.91 Å². The van der Waals surface area contributed by atoms with Crippen LogP contribution in [0.5, 0.6) is 5.75 Å². The van der Waals surface area contributed by atoms with Crippen LogP contribution in [0.1, 0.15) is 17.0 Å². The highest BCUT2D eigenvalue weighted by Gasteiger charge is 2.40. The van der Waals surface area contributed by atoms with E-state index in [1.165, 1.54) is 16.9 Å². The molecule has 2 aromatic carbocycles. The Morgan fingerprint density at radius 1 is 1.00 bits per heavy atom. The minimum atomic E-state index is -0.520. The third-order valence-electron chi connectivity index (χ3n) is 5.90. The minimum Gasteiger partial charge on any atom is -0.497 e. The van der Waals surface area contributed by atoms with Crippen molar-refractivity contribution in [1.82, 2.24) is 9.47 Å². The first-order valence-corrected chi connectivity index (χ1v) is 12.1. The molecule has 0 spiro atoms. The SMILES string of the molecule is COC(=O)CN1C(=S)N(c2ccc(OC)cc2)C(=O)/C1=C/c1cc(C)n(-c2ccc(Cl)c(Cl)c2)c1C. The fourth-order valence-corrected chi connectivity index (χ4v) is 4.73. The molecule has 1 saturated heterocycles. The van der Waals surface area contributed by atoms with Gasteiger partial charge in [0.15, 0.2) is 5.11 Å². The number of thiocarbonyl (C=S) groups is 1. The first kappa shape index (κ1) is 25.8. The number of aryl methyl sites for hydroxylation is 1. The van der Waals surface area contributed by atoms with Crippen molar-refractivity contribution in [3.63, 3.8) is 0 Å². The van der Waals surface area contributed by atoms with Gasteiger partial charge < -0.3 is 18.9 Å². The zero-order valence-corrected chi connectivity index (χ0v) is 22.4. The van der Waals surface area contributed by atoms with E-state index in [1.807, 2.05) is 30.5 Å². The van der Waals surface area contributed by atoms with Crippen LogP contribution in [-0.2, 0) is 14.3 Å². The average molecular weight is 544 g/mol. The first-order chi connectivity index (χ1) is 17.2. The molecule has 1 aromatic heterocycles. The number of nitrogens with zero attached hydrogens (tertiary/aromatic N) is 3. The van der Waals surface area contributed by atoms with Crippen molar-refractivity contribution in [1.29, 1.82) is 0 Å². The van der Waals surface area contributed by atoms with Gasteiger partial charge in [-0.1, -0.05) is 23.2 Å². The summed E-state index contributed by atoms with van der Waals surface area (Å²) in [6, 6.07) is 14.3. The number of esters is 1. The lowest BCUT2D eigenvalue weighted by atomic mass is 10.2. The average Bonchev–Trinajstić information content (AvgIpc) is 3.27. The van der Waals surface area contributed by atoms with Crippen molar-refractivity contribution in [2.75, 3.05) is 25.7 Å². The highest BCUT2D eigenvalue weighted by atomic mass is 35.5. The maximum Gasteiger partial charge on any atom is 0.325 e. The Bertz CT molecular complexity index is 1400. The molecule has 0 aliphatic carbocycles. The number of hydrogen-bond acceptors (Lipinski definition) is 5.